The number of ether oxygens (including phenoxy) is 2. The lowest BCUT2D eigenvalue weighted by molar-refractivity contribution is -0.131. The molecule has 0 aromatic heterocycles. The van der Waals surface area contributed by atoms with Crippen LogP contribution in [0.15, 0.2) is 48.5 Å². The Morgan fingerprint density at radius 1 is 1.00 bits per heavy atom. The van der Waals surface area contributed by atoms with Gasteiger partial charge in [-0.1, -0.05) is 24.3 Å². The SMILES string of the molecule is COC1CCC2(CC1)Cc1ccc(Oc3ccccc3)cc1C21NC(=O)NC1=O. The molecule has 29 heavy (non-hydrogen) atoms. The molecule has 150 valence electrons. The predicted octanol–water partition coefficient (Wildman–Crippen LogP) is 3.65. The van der Waals surface area contributed by atoms with E-state index in [0.717, 1.165) is 49.0 Å². The van der Waals surface area contributed by atoms with Gasteiger partial charge >= 0.3 is 6.03 Å². The van der Waals surface area contributed by atoms with Crippen molar-refractivity contribution in [1.82, 2.24) is 10.6 Å². The lowest BCUT2D eigenvalue weighted by Crippen LogP contribution is -2.56. The molecule has 1 saturated heterocycles. The van der Waals surface area contributed by atoms with Gasteiger partial charge in [0.05, 0.1) is 6.10 Å². The molecule has 0 bridgehead atoms. The minimum absolute atomic E-state index is 0.207. The van der Waals surface area contributed by atoms with Crippen LogP contribution in [0.25, 0.3) is 0 Å². The monoisotopic (exact) mass is 392 g/mol. The number of benzene rings is 2. The van der Waals surface area contributed by atoms with Gasteiger partial charge in [0.2, 0.25) is 0 Å². The van der Waals surface area contributed by atoms with Crippen molar-refractivity contribution in [2.45, 2.75) is 43.7 Å². The molecule has 0 radical (unpaired) electrons. The Bertz CT molecular complexity index is 966. The number of methoxy groups -OCH3 is 1. The third kappa shape index (κ3) is 2.66. The minimum Gasteiger partial charge on any atom is -0.457 e. The zero-order valence-electron chi connectivity index (χ0n) is 16.4. The third-order valence-electron chi connectivity index (χ3n) is 6.88. The average molecular weight is 392 g/mol. The Hall–Kier alpha value is -2.86. The van der Waals surface area contributed by atoms with Crippen molar-refractivity contribution in [2.24, 2.45) is 5.41 Å². The van der Waals surface area contributed by atoms with Crippen LogP contribution < -0.4 is 15.4 Å². The molecule has 3 amide bonds. The molecule has 2 aromatic carbocycles. The summed E-state index contributed by atoms with van der Waals surface area (Å²) in [5, 5.41) is 5.52. The van der Waals surface area contributed by atoms with Crippen LogP contribution in [0, 0.1) is 5.41 Å². The summed E-state index contributed by atoms with van der Waals surface area (Å²) in [5.74, 6) is 1.13. The second kappa shape index (κ2) is 6.59. The summed E-state index contributed by atoms with van der Waals surface area (Å²) in [4.78, 5) is 25.4. The van der Waals surface area contributed by atoms with Gasteiger partial charge in [-0.25, -0.2) is 4.79 Å². The maximum absolute atomic E-state index is 13.2. The van der Waals surface area contributed by atoms with Crippen molar-refractivity contribution in [1.29, 1.82) is 0 Å². The Labute approximate surface area is 169 Å². The molecule has 1 unspecified atom stereocenters. The summed E-state index contributed by atoms with van der Waals surface area (Å²) in [6.07, 6.45) is 4.37. The number of carbonyl (C=O) groups excluding carboxylic acids is 2. The van der Waals surface area contributed by atoms with Crippen LogP contribution in [0.5, 0.6) is 11.5 Å². The molecule has 3 aliphatic rings. The van der Waals surface area contributed by atoms with E-state index in [2.05, 4.69) is 10.6 Å². The molecular formula is C23H24N2O4. The second-order valence-electron chi connectivity index (χ2n) is 8.28. The molecule has 1 atom stereocenters. The summed E-state index contributed by atoms with van der Waals surface area (Å²) < 4.78 is 11.6. The highest BCUT2D eigenvalue weighted by atomic mass is 16.5. The highest BCUT2D eigenvalue weighted by Crippen LogP contribution is 2.59. The Morgan fingerprint density at radius 3 is 2.41 bits per heavy atom. The van der Waals surface area contributed by atoms with Crippen LogP contribution in [0.3, 0.4) is 0 Å². The number of carbonyl (C=O) groups is 2. The smallest absolute Gasteiger partial charge is 0.322 e. The number of rotatable bonds is 3. The number of nitrogens with one attached hydrogen (secondary N) is 2. The number of hydrogen-bond acceptors (Lipinski definition) is 4. The Balaban J connectivity index is 1.57. The normalized spacial score (nSPS) is 30.3. The summed E-state index contributed by atoms with van der Waals surface area (Å²) in [6.45, 7) is 0. The van der Waals surface area contributed by atoms with E-state index in [1.165, 1.54) is 0 Å². The molecule has 5 rings (SSSR count). The van der Waals surface area contributed by atoms with Crippen LogP contribution in [0.4, 0.5) is 4.79 Å². The summed E-state index contributed by atoms with van der Waals surface area (Å²) >= 11 is 0. The first-order valence-electron chi connectivity index (χ1n) is 10.1. The minimum atomic E-state index is -1.05. The lowest BCUT2D eigenvalue weighted by Gasteiger charge is -2.46. The van der Waals surface area contributed by atoms with Gasteiger partial charge in [0, 0.05) is 12.5 Å². The quantitative estimate of drug-likeness (QED) is 0.782. The molecule has 2 spiro atoms. The maximum Gasteiger partial charge on any atom is 0.322 e. The molecular weight excluding hydrogens is 368 g/mol. The second-order valence-corrected chi connectivity index (χ2v) is 8.28. The fourth-order valence-electron chi connectivity index (χ4n) is 5.48. The number of para-hydroxylation sites is 1. The third-order valence-corrected chi connectivity index (χ3v) is 6.88. The fraction of sp³-hybridized carbons (Fsp3) is 0.391. The van der Waals surface area contributed by atoms with Crippen molar-refractivity contribution in [3.05, 3.63) is 59.7 Å². The van der Waals surface area contributed by atoms with E-state index in [4.69, 9.17) is 9.47 Å². The van der Waals surface area contributed by atoms with E-state index < -0.39 is 11.6 Å². The van der Waals surface area contributed by atoms with Gasteiger partial charge in [-0.3, -0.25) is 10.1 Å². The van der Waals surface area contributed by atoms with E-state index >= 15 is 0 Å². The summed E-state index contributed by atoms with van der Waals surface area (Å²) in [5.41, 5.74) is 0.559. The molecule has 2 aliphatic carbocycles. The molecule has 2 N–H and O–H groups in total. The van der Waals surface area contributed by atoms with Crippen molar-refractivity contribution in [3.8, 4) is 11.5 Å². The van der Waals surface area contributed by atoms with Crippen molar-refractivity contribution >= 4 is 11.9 Å². The standard InChI is InChI=1S/C23H24N2O4/c1-28-16-9-11-22(12-10-16)14-15-7-8-18(29-17-5-3-2-4-6-17)13-19(15)23(22)20(26)24-21(27)25-23/h2-8,13,16H,9-12,14H2,1H3,(H2,24,25,26,27). The van der Waals surface area contributed by atoms with E-state index in [1.807, 2.05) is 48.5 Å². The van der Waals surface area contributed by atoms with Gasteiger partial charge in [-0.05, 0) is 67.5 Å². The van der Waals surface area contributed by atoms with Gasteiger partial charge in [-0.15, -0.1) is 0 Å². The molecule has 1 heterocycles. The van der Waals surface area contributed by atoms with Gasteiger partial charge in [-0.2, -0.15) is 0 Å². The number of fused-ring (bicyclic) bond motifs is 3. The largest absolute Gasteiger partial charge is 0.457 e. The van der Waals surface area contributed by atoms with Crippen LogP contribution >= 0.6 is 0 Å². The molecule has 6 heteroatoms. The van der Waals surface area contributed by atoms with Crippen LogP contribution in [0.2, 0.25) is 0 Å². The average Bonchev–Trinajstić information content (AvgIpc) is 3.18. The zero-order valence-corrected chi connectivity index (χ0v) is 16.4. The highest BCUT2D eigenvalue weighted by molar-refractivity contribution is 6.08. The first-order valence-corrected chi connectivity index (χ1v) is 10.1. The maximum atomic E-state index is 13.2. The lowest BCUT2D eigenvalue weighted by atomic mass is 9.61. The number of urea groups is 1. The molecule has 2 fully saturated rings. The fourth-order valence-corrected chi connectivity index (χ4v) is 5.48. The molecule has 6 nitrogen and oxygen atoms in total. The van der Waals surface area contributed by atoms with E-state index in [0.29, 0.717) is 5.75 Å². The first kappa shape index (κ1) is 18.2. The van der Waals surface area contributed by atoms with Crippen molar-refractivity contribution in [2.75, 3.05) is 7.11 Å². The van der Waals surface area contributed by atoms with E-state index in [9.17, 15) is 9.59 Å². The van der Waals surface area contributed by atoms with Gasteiger partial charge in [0.1, 0.15) is 11.5 Å². The molecule has 1 aliphatic heterocycles. The highest BCUT2D eigenvalue weighted by Gasteiger charge is 2.66. The van der Waals surface area contributed by atoms with Crippen LogP contribution in [-0.2, 0) is 21.5 Å². The molecule has 2 aromatic rings. The number of amides is 3. The first-order chi connectivity index (χ1) is 14.1. The molecule has 1 saturated carbocycles. The van der Waals surface area contributed by atoms with Gasteiger partial charge in [0.15, 0.2) is 5.54 Å². The number of hydrogen-bond donors (Lipinski definition) is 2. The van der Waals surface area contributed by atoms with Crippen molar-refractivity contribution < 1.29 is 19.1 Å². The van der Waals surface area contributed by atoms with E-state index in [1.54, 1.807) is 7.11 Å². The van der Waals surface area contributed by atoms with E-state index in [-0.39, 0.29) is 17.4 Å². The Morgan fingerprint density at radius 2 is 1.76 bits per heavy atom. The summed E-state index contributed by atoms with van der Waals surface area (Å²) in [6, 6.07) is 15.0. The van der Waals surface area contributed by atoms with Gasteiger partial charge < -0.3 is 14.8 Å². The predicted molar refractivity (Wildman–Crippen MR) is 107 cm³/mol. The summed E-state index contributed by atoms with van der Waals surface area (Å²) in [7, 11) is 1.74. The topological polar surface area (TPSA) is 76.7 Å². The van der Waals surface area contributed by atoms with Crippen LogP contribution in [0.1, 0.15) is 36.8 Å². The Kier molecular flexibility index (Phi) is 4.13. The van der Waals surface area contributed by atoms with Crippen LogP contribution in [-0.4, -0.2) is 25.2 Å². The number of imide groups is 1. The van der Waals surface area contributed by atoms with Gasteiger partial charge in [0.25, 0.3) is 5.91 Å². The zero-order chi connectivity index (χ0) is 20.1. The van der Waals surface area contributed by atoms with Crippen molar-refractivity contribution in [3.63, 3.8) is 0 Å².